The van der Waals surface area contributed by atoms with E-state index < -0.39 is 0 Å². The van der Waals surface area contributed by atoms with E-state index in [1.54, 1.807) is 18.2 Å². The van der Waals surface area contributed by atoms with Gasteiger partial charge in [0, 0.05) is 21.9 Å². The highest BCUT2D eigenvalue weighted by atomic mass is 19.1. The Balaban J connectivity index is 1.96. The van der Waals surface area contributed by atoms with Crippen LogP contribution in [0.3, 0.4) is 0 Å². The van der Waals surface area contributed by atoms with Crippen LogP contribution in [0.1, 0.15) is 15.9 Å². The Labute approximate surface area is 148 Å². The summed E-state index contributed by atoms with van der Waals surface area (Å²) >= 11 is 0. The first-order chi connectivity index (χ1) is 12.7. The number of para-hydroxylation sites is 1. The van der Waals surface area contributed by atoms with Gasteiger partial charge in [-0.2, -0.15) is 0 Å². The molecule has 0 saturated carbocycles. The number of H-pyrrole nitrogens is 1. The average Bonchev–Trinajstić information content (AvgIpc) is 3.04. The van der Waals surface area contributed by atoms with Gasteiger partial charge in [0.15, 0.2) is 5.78 Å². The maximum atomic E-state index is 13.8. The second-order valence-corrected chi connectivity index (χ2v) is 6.41. The van der Waals surface area contributed by atoms with E-state index in [0.29, 0.717) is 11.1 Å². The standard InChI is InChI=1S/C23H14FNO/c24-16-10-11-17-15(12-16)13-19-18-8-4-5-9-20(18)25-22(19)21(17)23(26)14-6-2-1-3-7-14/h1-13,25H. The molecule has 2 nitrogen and oxygen atoms in total. The summed E-state index contributed by atoms with van der Waals surface area (Å²) in [5.74, 6) is -0.380. The molecule has 0 amide bonds. The normalized spacial score (nSPS) is 11.4. The van der Waals surface area contributed by atoms with E-state index in [0.717, 1.165) is 32.6 Å². The molecule has 0 aliphatic rings. The van der Waals surface area contributed by atoms with Crippen LogP contribution < -0.4 is 0 Å². The maximum absolute atomic E-state index is 13.8. The van der Waals surface area contributed by atoms with Gasteiger partial charge in [0.25, 0.3) is 0 Å². The molecule has 124 valence electrons. The number of carbonyl (C=O) groups excluding carboxylic acids is 1. The highest BCUT2D eigenvalue weighted by molar-refractivity contribution is 6.27. The van der Waals surface area contributed by atoms with E-state index in [2.05, 4.69) is 4.98 Å². The fraction of sp³-hybridized carbons (Fsp3) is 0. The number of halogens is 1. The lowest BCUT2D eigenvalue weighted by Crippen LogP contribution is -2.03. The zero-order chi connectivity index (χ0) is 17.7. The number of nitrogens with one attached hydrogen (secondary N) is 1. The molecule has 5 aromatic rings. The first-order valence-corrected chi connectivity index (χ1v) is 8.45. The third-order valence-corrected chi connectivity index (χ3v) is 4.84. The second-order valence-electron chi connectivity index (χ2n) is 6.41. The summed E-state index contributed by atoms with van der Waals surface area (Å²) < 4.78 is 13.8. The molecule has 0 spiro atoms. The van der Waals surface area contributed by atoms with E-state index in [4.69, 9.17) is 0 Å². The molecule has 0 aliphatic carbocycles. The minimum Gasteiger partial charge on any atom is -0.354 e. The lowest BCUT2D eigenvalue weighted by molar-refractivity contribution is 0.104. The van der Waals surface area contributed by atoms with Crippen LogP contribution in [0.15, 0.2) is 78.9 Å². The fourth-order valence-electron chi connectivity index (χ4n) is 3.65. The Kier molecular flexibility index (Phi) is 3.16. The SMILES string of the molecule is O=C(c1ccccc1)c1c2ccc(F)cc2cc2c1[nH]c1ccccc12. The number of hydrogen-bond acceptors (Lipinski definition) is 1. The maximum Gasteiger partial charge on any atom is 0.195 e. The van der Waals surface area contributed by atoms with Crippen LogP contribution in [-0.4, -0.2) is 10.8 Å². The molecule has 26 heavy (non-hydrogen) atoms. The van der Waals surface area contributed by atoms with Gasteiger partial charge in [-0.25, -0.2) is 4.39 Å². The highest BCUT2D eigenvalue weighted by Gasteiger charge is 2.19. The summed E-state index contributed by atoms with van der Waals surface area (Å²) in [5, 5.41) is 3.43. The summed E-state index contributed by atoms with van der Waals surface area (Å²) in [4.78, 5) is 16.7. The summed E-state index contributed by atoms with van der Waals surface area (Å²) in [7, 11) is 0. The third kappa shape index (κ3) is 2.14. The van der Waals surface area contributed by atoms with Crippen molar-refractivity contribution in [3.8, 4) is 0 Å². The molecule has 3 heteroatoms. The molecule has 0 bridgehead atoms. The van der Waals surface area contributed by atoms with Gasteiger partial charge in [-0.3, -0.25) is 4.79 Å². The lowest BCUT2D eigenvalue weighted by atomic mass is 9.94. The van der Waals surface area contributed by atoms with E-state index in [1.165, 1.54) is 12.1 Å². The molecule has 0 radical (unpaired) electrons. The Hall–Kier alpha value is -3.46. The van der Waals surface area contributed by atoms with E-state index in [1.807, 2.05) is 48.5 Å². The third-order valence-electron chi connectivity index (χ3n) is 4.84. The fourth-order valence-corrected chi connectivity index (χ4v) is 3.65. The van der Waals surface area contributed by atoms with Crippen LogP contribution in [0.25, 0.3) is 32.6 Å². The minimum absolute atomic E-state index is 0.0700. The topological polar surface area (TPSA) is 32.9 Å². The van der Waals surface area contributed by atoms with Crippen molar-refractivity contribution in [1.82, 2.24) is 4.98 Å². The molecular weight excluding hydrogens is 325 g/mol. The molecule has 1 N–H and O–H groups in total. The lowest BCUT2D eigenvalue weighted by Gasteiger charge is -2.09. The predicted octanol–water partition coefficient (Wildman–Crippen LogP) is 5.84. The van der Waals surface area contributed by atoms with Crippen molar-refractivity contribution in [3.63, 3.8) is 0 Å². The van der Waals surface area contributed by atoms with Crippen LogP contribution in [0.2, 0.25) is 0 Å². The Morgan fingerprint density at radius 1 is 0.769 bits per heavy atom. The van der Waals surface area contributed by atoms with Crippen LogP contribution >= 0.6 is 0 Å². The predicted molar refractivity (Wildman–Crippen MR) is 103 cm³/mol. The molecule has 0 aliphatic heterocycles. The van der Waals surface area contributed by atoms with Crippen molar-refractivity contribution in [3.05, 3.63) is 95.8 Å². The molecule has 4 aromatic carbocycles. The van der Waals surface area contributed by atoms with Gasteiger partial charge in [-0.1, -0.05) is 54.6 Å². The van der Waals surface area contributed by atoms with Crippen molar-refractivity contribution in [2.24, 2.45) is 0 Å². The van der Waals surface area contributed by atoms with Crippen LogP contribution in [0.4, 0.5) is 4.39 Å². The van der Waals surface area contributed by atoms with Gasteiger partial charge >= 0.3 is 0 Å². The zero-order valence-electron chi connectivity index (χ0n) is 13.8. The van der Waals surface area contributed by atoms with Crippen LogP contribution in [0.5, 0.6) is 0 Å². The monoisotopic (exact) mass is 339 g/mol. The Morgan fingerprint density at radius 2 is 1.54 bits per heavy atom. The zero-order valence-corrected chi connectivity index (χ0v) is 13.8. The van der Waals surface area contributed by atoms with Gasteiger partial charge in [0.05, 0.1) is 11.1 Å². The minimum atomic E-state index is -0.310. The molecule has 0 atom stereocenters. The first-order valence-electron chi connectivity index (χ1n) is 8.45. The summed E-state index contributed by atoms with van der Waals surface area (Å²) in [6.07, 6.45) is 0. The molecule has 1 aromatic heterocycles. The number of rotatable bonds is 2. The number of aromatic nitrogens is 1. The van der Waals surface area contributed by atoms with Crippen molar-refractivity contribution in [2.45, 2.75) is 0 Å². The van der Waals surface area contributed by atoms with E-state index in [-0.39, 0.29) is 11.6 Å². The van der Waals surface area contributed by atoms with Crippen molar-refractivity contribution in [2.75, 3.05) is 0 Å². The van der Waals surface area contributed by atoms with Gasteiger partial charge < -0.3 is 4.98 Å². The number of benzene rings is 4. The molecular formula is C23H14FNO. The van der Waals surface area contributed by atoms with Crippen molar-refractivity contribution >= 4 is 38.4 Å². The smallest absolute Gasteiger partial charge is 0.195 e. The number of hydrogen-bond donors (Lipinski definition) is 1. The average molecular weight is 339 g/mol. The largest absolute Gasteiger partial charge is 0.354 e. The van der Waals surface area contributed by atoms with Crippen molar-refractivity contribution in [1.29, 1.82) is 0 Å². The number of carbonyl (C=O) groups is 1. The van der Waals surface area contributed by atoms with E-state index >= 15 is 0 Å². The quantitative estimate of drug-likeness (QED) is 0.402. The highest BCUT2D eigenvalue weighted by Crippen LogP contribution is 2.34. The van der Waals surface area contributed by atoms with Gasteiger partial charge in [0.2, 0.25) is 0 Å². The summed E-state index contributed by atoms with van der Waals surface area (Å²) in [6, 6.07) is 23.6. The van der Waals surface area contributed by atoms with Crippen molar-refractivity contribution < 1.29 is 9.18 Å². The summed E-state index contributed by atoms with van der Waals surface area (Å²) in [5.41, 5.74) is 2.95. The first kappa shape index (κ1) is 14.8. The number of aromatic amines is 1. The van der Waals surface area contributed by atoms with Gasteiger partial charge in [-0.05, 0) is 35.0 Å². The van der Waals surface area contributed by atoms with Gasteiger partial charge in [0.1, 0.15) is 5.82 Å². The Morgan fingerprint density at radius 3 is 2.38 bits per heavy atom. The summed E-state index contributed by atoms with van der Waals surface area (Å²) in [6.45, 7) is 0. The molecule has 0 saturated heterocycles. The number of fused-ring (bicyclic) bond motifs is 4. The van der Waals surface area contributed by atoms with Crippen LogP contribution in [-0.2, 0) is 0 Å². The molecule has 5 rings (SSSR count). The second kappa shape index (κ2) is 5.53. The number of ketones is 1. The van der Waals surface area contributed by atoms with E-state index in [9.17, 15) is 9.18 Å². The van der Waals surface area contributed by atoms with Gasteiger partial charge in [-0.15, -0.1) is 0 Å². The Bertz CT molecular complexity index is 1300. The molecule has 1 heterocycles. The van der Waals surface area contributed by atoms with Crippen LogP contribution in [0, 0.1) is 5.82 Å². The molecule has 0 fully saturated rings. The molecule has 0 unspecified atom stereocenters.